The van der Waals surface area contributed by atoms with E-state index in [1.54, 1.807) is 0 Å². The van der Waals surface area contributed by atoms with Gasteiger partial charge in [0.15, 0.2) is 0 Å². The number of carbonyl (C=O) groups is 1. The van der Waals surface area contributed by atoms with Crippen molar-refractivity contribution in [3.63, 3.8) is 0 Å². The number of hydrogen-bond acceptors (Lipinski definition) is 2. The van der Waals surface area contributed by atoms with E-state index in [9.17, 15) is 4.79 Å². The highest BCUT2D eigenvalue weighted by Gasteiger charge is 2.22. The first kappa shape index (κ1) is 15.5. The molecular formula is C13H18BrClN2O. The Morgan fingerprint density at radius 1 is 1.56 bits per heavy atom. The van der Waals surface area contributed by atoms with Crippen molar-refractivity contribution in [2.24, 2.45) is 0 Å². The fraction of sp³-hybridized carbons (Fsp3) is 0.462. The molecule has 0 unspecified atom stereocenters. The summed E-state index contributed by atoms with van der Waals surface area (Å²) in [5.74, 6) is 0.220. The van der Waals surface area contributed by atoms with Crippen molar-refractivity contribution in [3.8, 4) is 0 Å². The molecular weight excluding hydrogens is 316 g/mol. The molecule has 2 rings (SSSR count). The second-order valence-corrected chi connectivity index (χ2v) is 5.36. The van der Waals surface area contributed by atoms with Crippen LogP contribution in [-0.4, -0.2) is 36.5 Å². The second-order valence-electron chi connectivity index (χ2n) is 4.45. The highest BCUT2D eigenvalue weighted by Crippen LogP contribution is 2.14. The summed E-state index contributed by atoms with van der Waals surface area (Å²) >= 11 is 3.43. The van der Waals surface area contributed by atoms with Gasteiger partial charge in [0, 0.05) is 30.1 Å². The molecule has 1 amide bonds. The molecule has 0 spiro atoms. The number of halogens is 2. The van der Waals surface area contributed by atoms with Crippen LogP contribution in [0, 0.1) is 0 Å². The van der Waals surface area contributed by atoms with E-state index in [-0.39, 0.29) is 18.3 Å². The summed E-state index contributed by atoms with van der Waals surface area (Å²) in [6.07, 6.45) is 0.490. The molecule has 1 saturated heterocycles. The first-order chi connectivity index (χ1) is 8.16. The largest absolute Gasteiger partial charge is 0.337 e. The summed E-state index contributed by atoms with van der Waals surface area (Å²) in [6, 6.07) is 8.23. The molecule has 1 N–H and O–H groups in total. The Hall–Kier alpha value is -0.580. The maximum absolute atomic E-state index is 12.2. The van der Waals surface area contributed by atoms with E-state index in [2.05, 4.69) is 28.2 Å². The summed E-state index contributed by atoms with van der Waals surface area (Å²) in [5.41, 5.74) is 1.06. The Bertz CT molecular complexity index is 414. The van der Waals surface area contributed by atoms with Crippen molar-refractivity contribution in [1.29, 1.82) is 0 Å². The minimum atomic E-state index is 0. The Kier molecular flexibility index (Phi) is 6.12. The molecule has 100 valence electrons. The van der Waals surface area contributed by atoms with Crippen LogP contribution in [0.3, 0.4) is 0 Å². The van der Waals surface area contributed by atoms with E-state index in [1.807, 2.05) is 29.2 Å². The zero-order valence-corrected chi connectivity index (χ0v) is 12.8. The van der Waals surface area contributed by atoms with Gasteiger partial charge in [-0.05, 0) is 24.6 Å². The van der Waals surface area contributed by atoms with Crippen LogP contribution in [0.5, 0.6) is 0 Å². The summed E-state index contributed by atoms with van der Waals surface area (Å²) < 4.78 is 1.02. The van der Waals surface area contributed by atoms with Gasteiger partial charge in [-0.2, -0.15) is 0 Å². The smallest absolute Gasteiger partial charge is 0.227 e. The van der Waals surface area contributed by atoms with Gasteiger partial charge in [-0.1, -0.05) is 28.1 Å². The average molecular weight is 334 g/mol. The lowest BCUT2D eigenvalue weighted by molar-refractivity contribution is -0.133. The number of hydrogen-bond donors (Lipinski definition) is 1. The van der Waals surface area contributed by atoms with Gasteiger partial charge in [0.25, 0.3) is 0 Å². The molecule has 5 heteroatoms. The van der Waals surface area contributed by atoms with Crippen LogP contribution in [0.15, 0.2) is 28.7 Å². The van der Waals surface area contributed by atoms with Gasteiger partial charge in [0.2, 0.25) is 5.91 Å². The molecule has 3 nitrogen and oxygen atoms in total. The number of nitrogens with zero attached hydrogens (tertiary/aromatic N) is 1. The molecule has 0 saturated carbocycles. The van der Waals surface area contributed by atoms with Crippen LogP contribution < -0.4 is 5.32 Å². The fourth-order valence-corrected chi connectivity index (χ4v) is 2.58. The van der Waals surface area contributed by atoms with Crippen molar-refractivity contribution in [3.05, 3.63) is 34.3 Å². The fourth-order valence-electron chi connectivity index (χ4n) is 2.13. The predicted octanol–water partition coefficient (Wildman–Crippen LogP) is 2.23. The normalized spacial score (nSPS) is 19.2. The maximum atomic E-state index is 12.2. The predicted molar refractivity (Wildman–Crippen MR) is 79.1 cm³/mol. The number of rotatable bonds is 2. The third-order valence-corrected chi connectivity index (χ3v) is 3.56. The van der Waals surface area contributed by atoms with Crippen LogP contribution in [0.2, 0.25) is 0 Å². The molecule has 0 aliphatic carbocycles. The van der Waals surface area contributed by atoms with Crippen molar-refractivity contribution < 1.29 is 4.79 Å². The molecule has 1 aliphatic heterocycles. The van der Waals surface area contributed by atoms with Gasteiger partial charge in [0.05, 0.1) is 6.42 Å². The third-order valence-electron chi connectivity index (χ3n) is 3.07. The van der Waals surface area contributed by atoms with E-state index in [1.165, 1.54) is 0 Å². The lowest BCUT2D eigenvalue weighted by Crippen LogP contribution is -2.52. The minimum Gasteiger partial charge on any atom is -0.337 e. The molecule has 1 atom stereocenters. The zero-order valence-electron chi connectivity index (χ0n) is 10.4. The van der Waals surface area contributed by atoms with Crippen molar-refractivity contribution in [2.45, 2.75) is 19.4 Å². The number of piperazine rings is 1. The quantitative estimate of drug-likeness (QED) is 0.900. The van der Waals surface area contributed by atoms with E-state index in [0.29, 0.717) is 12.5 Å². The van der Waals surface area contributed by atoms with Crippen molar-refractivity contribution >= 4 is 34.2 Å². The van der Waals surface area contributed by atoms with Crippen LogP contribution >= 0.6 is 28.3 Å². The monoisotopic (exact) mass is 332 g/mol. The SMILES string of the molecule is C[C@H]1CNCCN1C(=O)Cc1cccc(Br)c1.Cl. The van der Waals surface area contributed by atoms with Gasteiger partial charge in [-0.15, -0.1) is 12.4 Å². The number of carbonyl (C=O) groups excluding carboxylic acids is 1. The molecule has 1 aliphatic rings. The summed E-state index contributed by atoms with van der Waals surface area (Å²) in [7, 11) is 0. The standard InChI is InChI=1S/C13H17BrN2O.ClH/c1-10-9-15-5-6-16(10)13(17)8-11-3-2-4-12(14)7-11;/h2-4,7,10,15H,5-6,8-9H2,1H3;1H/t10-;/m0./s1. The van der Waals surface area contributed by atoms with E-state index < -0.39 is 0 Å². The molecule has 1 fully saturated rings. The van der Waals surface area contributed by atoms with Crippen LogP contribution in [0.25, 0.3) is 0 Å². The minimum absolute atomic E-state index is 0. The molecule has 1 heterocycles. The van der Waals surface area contributed by atoms with Crippen LogP contribution in [-0.2, 0) is 11.2 Å². The van der Waals surface area contributed by atoms with Crippen molar-refractivity contribution in [1.82, 2.24) is 10.2 Å². The molecule has 0 radical (unpaired) electrons. The Morgan fingerprint density at radius 3 is 3.00 bits per heavy atom. The zero-order chi connectivity index (χ0) is 12.3. The molecule has 0 aromatic heterocycles. The number of benzene rings is 1. The Labute approximate surface area is 122 Å². The molecule has 0 bridgehead atoms. The highest BCUT2D eigenvalue weighted by molar-refractivity contribution is 9.10. The van der Waals surface area contributed by atoms with Gasteiger partial charge in [-0.25, -0.2) is 0 Å². The maximum Gasteiger partial charge on any atom is 0.227 e. The van der Waals surface area contributed by atoms with Gasteiger partial charge >= 0.3 is 0 Å². The van der Waals surface area contributed by atoms with Gasteiger partial charge in [0.1, 0.15) is 0 Å². The Balaban J connectivity index is 0.00000162. The topological polar surface area (TPSA) is 32.3 Å². The summed E-state index contributed by atoms with van der Waals surface area (Å²) in [5, 5.41) is 3.29. The first-order valence-electron chi connectivity index (χ1n) is 5.91. The van der Waals surface area contributed by atoms with Gasteiger partial charge in [-0.3, -0.25) is 4.79 Å². The number of nitrogens with one attached hydrogen (secondary N) is 1. The summed E-state index contributed by atoms with van der Waals surface area (Å²) in [6.45, 7) is 4.69. The molecule has 18 heavy (non-hydrogen) atoms. The molecule has 1 aromatic rings. The first-order valence-corrected chi connectivity index (χ1v) is 6.71. The van der Waals surface area contributed by atoms with Crippen molar-refractivity contribution in [2.75, 3.05) is 19.6 Å². The molecule has 1 aromatic carbocycles. The van der Waals surface area contributed by atoms with E-state index in [4.69, 9.17) is 0 Å². The number of amides is 1. The van der Waals surface area contributed by atoms with Gasteiger partial charge < -0.3 is 10.2 Å². The highest BCUT2D eigenvalue weighted by atomic mass is 79.9. The summed E-state index contributed by atoms with van der Waals surface area (Å²) in [4.78, 5) is 14.1. The Morgan fingerprint density at radius 2 is 2.33 bits per heavy atom. The average Bonchev–Trinajstić information content (AvgIpc) is 2.29. The lowest BCUT2D eigenvalue weighted by atomic mass is 10.1. The van der Waals surface area contributed by atoms with Crippen LogP contribution in [0.1, 0.15) is 12.5 Å². The van der Waals surface area contributed by atoms with E-state index in [0.717, 1.165) is 29.7 Å². The second kappa shape index (κ2) is 7.12. The third kappa shape index (κ3) is 3.97. The van der Waals surface area contributed by atoms with E-state index >= 15 is 0 Å². The van der Waals surface area contributed by atoms with Crippen LogP contribution in [0.4, 0.5) is 0 Å². The lowest BCUT2D eigenvalue weighted by Gasteiger charge is -2.34.